The molecular weight excluding hydrogens is 114 g/mol. The normalized spacial score (nSPS) is 30.7. The van der Waals surface area contributed by atoms with Crippen LogP contribution in [0, 0.1) is 0 Å². The molecule has 1 aliphatic rings. The van der Waals surface area contributed by atoms with Gasteiger partial charge in [0.05, 0.1) is 0 Å². The summed E-state index contributed by atoms with van der Waals surface area (Å²) in [6, 6.07) is 0.273. The molecule has 53 valence electrons. The minimum Gasteiger partial charge on any atom is -0.311 e. The molecule has 2 heteroatoms. The van der Waals surface area contributed by atoms with E-state index in [-0.39, 0.29) is 12.1 Å². The second-order valence-electron chi connectivity index (χ2n) is 2.65. The highest BCUT2D eigenvalue weighted by atomic mass is 16.3. The van der Waals surface area contributed by atoms with Gasteiger partial charge in [0.15, 0.2) is 0 Å². The van der Waals surface area contributed by atoms with Gasteiger partial charge in [-0.3, -0.25) is 0 Å². The number of rotatable bonds is 2. The first-order valence-electron chi connectivity index (χ1n) is 3.73. The first-order chi connectivity index (χ1) is 4.34. The maximum Gasteiger partial charge on any atom is 0.108 e. The van der Waals surface area contributed by atoms with E-state index in [9.17, 15) is 5.11 Å². The van der Waals surface area contributed by atoms with Gasteiger partial charge in [-0.1, -0.05) is 6.92 Å². The standard InChI is InChI=1S/C7H14NO/c1-2-7(9)6-4-3-5-8-6/h6-8H,2-5H2,1H3. The summed E-state index contributed by atoms with van der Waals surface area (Å²) in [5, 5.41) is 14.2. The predicted molar refractivity (Wildman–Crippen MR) is 35.8 cm³/mol. The van der Waals surface area contributed by atoms with E-state index in [4.69, 9.17) is 0 Å². The fourth-order valence-electron chi connectivity index (χ4n) is 1.31. The first kappa shape index (κ1) is 7.03. The van der Waals surface area contributed by atoms with E-state index in [2.05, 4.69) is 5.32 Å². The molecule has 1 radical (unpaired) electrons. The van der Waals surface area contributed by atoms with Gasteiger partial charge in [-0.05, 0) is 25.8 Å². The monoisotopic (exact) mass is 128 g/mol. The summed E-state index contributed by atoms with van der Waals surface area (Å²) in [7, 11) is 0. The van der Waals surface area contributed by atoms with Crippen LogP contribution in [-0.2, 0) is 5.11 Å². The smallest absolute Gasteiger partial charge is 0.108 e. The van der Waals surface area contributed by atoms with Gasteiger partial charge in [0.25, 0.3) is 0 Å². The van der Waals surface area contributed by atoms with Crippen LogP contribution in [0.1, 0.15) is 26.2 Å². The molecule has 2 nitrogen and oxygen atoms in total. The molecule has 1 rings (SSSR count). The molecule has 0 aromatic carbocycles. The Morgan fingerprint density at radius 3 is 3.00 bits per heavy atom. The van der Waals surface area contributed by atoms with Crippen molar-refractivity contribution in [1.29, 1.82) is 0 Å². The van der Waals surface area contributed by atoms with E-state index in [0.29, 0.717) is 0 Å². The third-order valence-corrected chi connectivity index (χ3v) is 1.95. The second-order valence-corrected chi connectivity index (χ2v) is 2.65. The molecule has 2 unspecified atom stereocenters. The lowest BCUT2D eigenvalue weighted by molar-refractivity contribution is 0.0566. The Morgan fingerprint density at radius 2 is 2.56 bits per heavy atom. The molecule has 0 saturated carbocycles. The van der Waals surface area contributed by atoms with Crippen LogP contribution < -0.4 is 5.32 Å². The number of hydrogen-bond donors (Lipinski definition) is 1. The fourth-order valence-corrected chi connectivity index (χ4v) is 1.31. The summed E-state index contributed by atoms with van der Waals surface area (Å²) in [6.07, 6.45) is 2.66. The molecule has 0 aliphatic carbocycles. The molecule has 0 amide bonds. The van der Waals surface area contributed by atoms with Crippen molar-refractivity contribution in [3.8, 4) is 0 Å². The SMILES string of the molecule is CCC([O])C1CCCN1. The van der Waals surface area contributed by atoms with Crippen LogP contribution in [0.5, 0.6) is 0 Å². The van der Waals surface area contributed by atoms with Crippen LogP contribution in [0.2, 0.25) is 0 Å². The highest BCUT2D eigenvalue weighted by molar-refractivity contribution is 4.79. The summed E-state index contributed by atoms with van der Waals surface area (Å²) >= 11 is 0. The summed E-state index contributed by atoms with van der Waals surface area (Å²) in [4.78, 5) is 0. The molecule has 1 aliphatic heterocycles. The van der Waals surface area contributed by atoms with E-state index in [1.165, 1.54) is 6.42 Å². The van der Waals surface area contributed by atoms with Crippen LogP contribution in [0.25, 0.3) is 0 Å². The highest BCUT2D eigenvalue weighted by Gasteiger charge is 2.21. The maximum absolute atomic E-state index is 11.0. The molecule has 1 fully saturated rings. The summed E-state index contributed by atoms with van der Waals surface area (Å²) in [5.74, 6) is 0. The Kier molecular flexibility index (Phi) is 2.49. The average molecular weight is 128 g/mol. The lowest BCUT2D eigenvalue weighted by atomic mass is 10.1. The zero-order chi connectivity index (χ0) is 6.69. The van der Waals surface area contributed by atoms with Gasteiger partial charge in [0.2, 0.25) is 0 Å². The Hall–Kier alpha value is -0.0800. The number of nitrogens with one attached hydrogen (secondary N) is 1. The zero-order valence-corrected chi connectivity index (χ0v) is 5.89. The molecule has 0 spiro atoms. The minimum atomic E-state index is -0.368. The van der Waals surface area contributed by atoms with E-state index in [1.54, 1.807) is 0 Å². The second kappa shape index (κ2) is 3.18. The molecule has 0 aromatic rings. The van der Waals surface area contributed by atoms with Gasteiger partial charge < -0.3 is 5.32 Å². The first-order valence-corrected chi connectivity index (χ1v) is 3.73. The highest BCUT2D eigenvalue weighted by Crippen LogP contribution is 2.11. The van der Waals surface area contributed by atoms with Gasteiger partial charge >= 0.3 is 0 Å². The third-order valence-electron chi connectivity index (χ3n) is 1.95. The zero-order valence-electron chi connectivity index (χ0n) is 5.89. The molecule has 0 aromatic heterocycles. The maximum atomic E-state index is 11.0. The molecule has 1 saturated heterocycles. The predicted octanol–water partition coefficient (Wildman–Crippen LogP) is 0.948. The van der Waals surface area contributed by atoms with Crippen molar-refractivity contribution in [2.24, 2.45) is 0 Å². The van der Waals surface area contributed by atoms with E-state index in [1.807, 2.05) is 6.92 Å². The van der Waals surface area contributed by atoms with Gasteiger partial charge in [-0.15, -0.1) is 0 Å². The molecule has 1 heterocycles. The Balaban J connectivity index is 2.24. The third kappa shape index (κ3) is 1.66. The van der Waals surface area contributed by atoms with E-state index < -0.39 is 0 Å². The van der Waals surface area contributed by atoms with Crippen molar-refractivity contribution < 1.29 is 5.11 Å². The topological polar surface area (TPSA) is 31.9 Å². The van der Waals surface area contributed by atoms with Crippen molar-refractivity contribution >= 4 is 0 Å². The molecule has 9 heavy (non-hydrogen) atoms. The Labute approximate surface area is 56.3 Å². The van der Waals surface area contributed by atoms with Crippen LogP contribution in [0.15, 0.2) is 0 Å². The largest absolute Gasteiger partial charge is 0.311 e. The van der Waals surface area contributed by atoms with Crippen LogP contribution in [0.3, 0.4) is 0 Å². The van der Waals surface area contributed by atoms with Crippen LogP contribution >= 0.6 is 0 Å². The average Bonchev–Trinajstić information content (AvgIpc) is 2.37. The van der Waals surface area contributed by atoms with Crippen LogP contribution in [0.4, 0.5) is 0 Å². The van der Waals surface area contributed by atoms with E-state index >= 15 is 0 Å². The van der Waals surface area contributed by atoms with Crippen molar-refractivity contribution in [3.63, 3.8) is 0 Å². The van der Waals surface area contributed by atoms with E-state index in [0.717, 1.165) is 19.4 Å². The van der Waals surface area contributed by atoms with Gasteiger partial charge in [0.1, 0.15) is 6.10 Å². The fraction of sp³-hybridized carbons (Fsp3) is 1.00. The van der Waals surface area contributed by atoms with Gasteiger partial charge in [0, 0.05) is 6.04 Å². The minimum absolute atomic E-state index is 0.273. The number of hydrogen-bond acceptors (Lipinski definition) is 1. The van der Waals surface area contributed by atoms with Crippen molar-refractivity contribution in [2.45, 2.75) is 38.3 Å². The summed E-state index contributed by atoms with van der Waals surface area (Å²) in [6.45, 7) is 3.00. The molecular formula is C7H14NO. The van der Waals surface area contributed by atoms with Gasteiger partial charge in [-0.25, -0.2) is 5.11 Å². The summed E-state index contributed by atoms with van der Waals surface area (Å²) in [5.41, 5.74) is 0. The molecule has 0 bridgehead atoms. The van der Waals surface area contributed by atoms with Crippen molar-refractivity contribution in [1.82, 2.24) is 5.32 Å². The quantitative estimate of drug-likeness (QED) is 0.590. The van der Waals surface area contributed by atoms with Crippen molar-refractivity contribution in [3.05, 3.63) is 0 Å². The van der Waals surface area contributed by atoms with Gasteiger partial charge in [-0.2, -0.15) is 0 Å². The Morgan fingerprint density at radius 1 is 1.78 bits per heavy atom. The molecule has 1 N–H and O–H groups in total. The molecule has 2 atom stereocenters. The Bertz CT molecular complexity index is 79.0. The van der Waals surface area contributed by atoms with Crippen LogP contribution in [-0.4, -0.2) is 18.7 Å². The van der Waals surface area contributed by atoms with Crippen molar-refractivity contribution in [2.75, 3.05) is 6.54 Å². The lowest BCUT2D eigenvalue weighted by Gasteiger charge is -2.12. The lowest BCUT2D eigenvalue weighted by Crippen LogP contribution is -2.33. The summed E-state index contributed by atoms with van der Waals surface area (Å²) < 4.78 is 0.